The van der Waals surface area contributed by atoms with E-state index in [1.54, 1.807) is 0 Å². The maximum Gasteiger partial charge on any atom is 0.416 e. The fourth-order valence-electron chi connectivity index (χ4n) is 0.892. The lowest BCUT2D eigenvalue weighted by atomic mass is 10.1. The van der Waals surface area contributed by atoms with Gasteiger partial charge < -0.3 is 0 Å². The highest BCUT2D eigenvalue weighted by atomic mass is 35.5. The van der Waals surface area contributed by atoms with Crippen molar-refractivity contribution in [2.75, 3.05) is 0 Å². The molecule has 1 aromatic carbocycles. The largest absolute Gasteiger partial charge is 0.416 e. The van der Waals surface area contributed by atoms with Crippen LogP contribution >= 0.6 is 11.6 Å². The van der Waals surface area contributed by atoms with Gasteiger partial charge in [0.05, 0.1) is 5.57 Å². The number of halogens is 5. The second-order valence-corrected chi connectivity index (χ2v) is 3.07. The molecule has 0 amide bonds. The summed E-state index contributed by atoms with van der Waals surface area (Å²) >= 11 is 5.40. The highest BCUT2D eigenvalue weighted by Gasteiger charge is 2.33. The van der Waals surface area contributed by atoms with Crippen LogP contribution in [-0.4, -0.2) is 6.18 Å². The van der Waals surface area contributed by atoms with Crippen molar-refractivity contribution >= 4 is 17.2 Å². The molecule has 0 aliphatic rings. The van der Waals surface area contributed by atoms with E-state index in [1.165, 1.54) is 0 Å². The van der Waals surface area contributed by atoms with E-state index in [9.17, 15) is 17.6 Å². The third-order valence-electron chi connectivity index (χ3n) is 1.55. The molecule has 14 heavy (non-hydrogen) atoms. The lowest BCUT2D eigenvalue weighted by Gasteiger charge is -2.10. The normalized spacial score (nSPS) is 11.5. The SMILES string of the molecule is C=C(c1cc(F)cc(Cl)c1)C(F)(F)F. The Hall–Kier alpha value is -1.03. The van der Waals surface area contributed by atoms with Crippen molar-refractivity contribution in [1.82, 2.24) is 0 Å². The van der Waals surface area contributed by atoms with E-state index in [0.29, 0.717) is 0 Å². The van der Waals surface area contributed by atoms with Gasteiger partial charge in [0.1, 0.15) is 5.82 Å². The molecule has 0 saturated carbocycles. The van der Waals surface area contributed by atoms with Crippen molar-refractivity contribution in [3.63, 3.8) is 0 Å². The first kappa shape index (κ1) is 11.0. The van der Waals surface area contributed by atoms with Crippen molar-refractivity contribution in [3.05, 3.63) is 41.2 Å². The van der Waals surface area contributed by atoms with E-state index in [2.05, 4.69) is 6.58 Å². The van der Waals surface area contributed by atoms with E-state index in [1.807, 2.05) is 0 Å². The Balaban J connectivity index is 3.14. The standard InChI is InChI=1S/C9H5ClF4/c1-5(9(12,13)14)6-2-7(10)4-8(11)3-6/h2-4H,1H2. The summed E-state index contributed by atoms with van der Waals surface area (Å²) in [6.07, 6.45) is -4.57. The Morgan fingerprint density at radius 1 is 1.21 bits per heavy atom. The lowest BCUT2D eigenvalue weighted by molar-refractivity contribution is -0.0686. The molecule has 0 aromatic heterocycles. The van der Waals surface area contributed by atoms with Crippen LogP contribution in [0, 0.1) is 5.82 Å². The number of hydrogen-bond acceptors (Lipinski definition) is 0. The van der Waals surface area contributed by atoms with Crippen LogP contribution in [-0.2, 0) is 0 Å². The molecule has 1 rings (SSSR count). The van der Waals surface area contributed by atoms with Gasteiger partial charge in [0.15, 0.2) is 0 Å². The zero-order valence-corrected chi connectivity index (χ0v) is 7.58. The van der Waals surface area contributed by atoms with Gasteiger partial charge >= 0.3 is 6.18 Å². The fraction of sp³-hybridized carbons (Fsp3) is 0.111. The van der Waals surface area contributed by atoms with Gasteiger partial charge in [-0.3, -0.25) is 0 Å². The van der Waals surface area contributed by atoms with E-state index < -0.39 is 17.6 Å². The summed E-state index contributed by atoms with van der Waals surface area (Å²) in [4.78, 5) is 0. The van der Waals surface area contributed by atoms with Gasteiger partial charge in [0, 0.05) is 5.02 Å². The van der Waals surface area contributed by atoms with E-state index in [-0.39, 0.29) is 10.6 Å². The molecule has 0 N–H and O–H groups in total. The summed E-state index contributed by atoms with van der Waals surface area (Å²) < 4.78 is 49.1. The van der Waals surface area contributed by atoms with Gasteiger partial charge in [0.25, 0.3) is 0 Å². The van der Waals surface area contributed by atoms with Crippen LogP contribution in [0.3, 0.4) is 0 Å². The quantitative estimate of drug-likeness (QED) is 0.631. The third-order valence-corrected chi connectivity index (χ3v) is 1.77. The molecule has 0 aliphatic carbocycles. The zero-order valence-electron chi connectivity index (χ0n) is 6.83. The molecule has 0 heterocycles. The van der Waals surface area contributed by atoms with Crippen molar-refractivity contribution in [1.29, 1.82) is 0 Å². The molecule has 0 nitrogen and oxygen atoms in total. The molecule has 0 atom stereocenters. The monoisotopic (exact) mass is 224 g/mol. The summed E-state index contributed by atoms with van der Waals surface area (Å²) in [6, 6.07) is 2.68. The maximum absolute atomic E-state index is 12.7. The molecule has 0 aliphatic heterocycles. The minimum atomic E-state index is -4.57. The van der Waals surface area contributed by atoms with Gasteiger partial charge in [-0.05, 0) is 23.8 Å². The van der Waals surface area contributed by atoms with Crippen molar-refractivity contribution in [2.45, 2.75) is 6.18 Å². The van der Waals surface area contributed by atoms with Crippen molar-refractivity contribution in [3.8, 4) is 0 Å². The predicted molar refractivity (Wildman–Crippen MR) is 46.5 cm³/mol. The summed E-state index contributed by atoms with van der Waals surface area (Å²) in [5.41, 5.74) is -1.47. The first-order valence-corrected chi connectivity index (χ1v) is 3.91. The van der Waals surface area contributed by atoms with Crippen molar-refractivity contribution < 1.29 is 17.6 Å². The Morgan fingerprint density at radius 3 is 2.21 bits per heavy atom. The number of allylic oxidation sites excluding steroid dienone is 1. The first-order valence-electron chi connectivity index (χ1n) is 3.53. The Kier molecular flexibility index (Phi) is 2.85. The van der Waals surface area contributed by atoms with Gasteiger partial charge in [-0.25, -0.2) is 4.39 Å². The van der Waals surface area contributed by atoms with Crippen molar-refractivity contribution in [2.24, 2.45) is 0 Å². The zero-order chi connectivity index (χ0) is 10.9. The Labute approximate surface area is 82.8 Å². The summed E-state index contributed by atoms with van der Waals surface area (Å²) in [6.45, 7) is 2.83. The molecule has 0 fully saturated rings. The highest BCUT2D eigenvalue weighted by molar-refractivity contribution is 6.30. The molecule has 0 unspecified atom stereocenters. The lowest BCUT2D eigenvalue weighted by Crippen LogP contribution is -2.09. The molecule has 76 valence electrons. The third kappa shape index (κ3) is 2.48. The van der Waals surface area contributed by atoms with Crippen LogP contribution in [0.4, 0.5) is 17.6 Å². The second kappa shape index (κ2) is 3.61. The molecule has 0 radical (unpaired) electrons. The van der Waals surface area contributed by atoms with Gasteiger partial charge in [-0.1, -0.05) is 18.2 Å². The Bertz CT molecular complexity index is 347. The fourth-order valence-corrected chi connectivity index (χ4v) is 1.11. The molecule has 0 spiro atoms. The van der Waals surface area contributed by atoms with Crippen LogP contribution < -0.4 is 0 Å². The Morgan fingerprint density at radius 2 is 1.79 bits per heavy atom. The van der Waals surface area contributed by atoms with Crippen LogP contribution in [0.5, 0.6) is 0 Å². The number of benzene rings is 1. The van der Waals surface area contributed by atoms with Gasteiger partial charge in [-0.15, -0.1) is 0 Å². The van der Waals surface area contributed by atoms with Gasteiger partial charge in [0.2, 0.25) is 0 Å². The number of hydrogen-bond donors (Lipinski definition) is 0. The summed E-state index contributed by atoms with van der Waals surface area (Å²) in [5.74, 6) is -0.821. The average Bonchev–Trinajstić information content (AvgIpc) is 1.99. The van der Waals surface area contributed by atoms with Crippen LogP contribution in [0.15, 0.2) is 24.8 Å². The molecular weight excluding hydrogens is 220 g/mol. The van der Waals surface area contributed by atoms with E-state index in [0.717, 1.165) is 18.2 Å². The van der Waals surface area contributed by atoms with Crippen LogP contribution in [0.2, 0.25) is 5.02 Å². The molecule has 1 aromatic rings. The minimum absolute atomic E-state index is 0.0922. The van der Waals surface area contributed by atoms with E-state index >= 15 is 0 Å². The minimum Gasteiger partial charge on any atom is -0.207 e. The molecule has 5 heteroatoms. The molecule has 0 bridgehead atoms. The number of rotatable bonds is 1. The predicted octanol–water partition coefficient (Wildman–Crippen LogP) is 4.05. The maximum atomic E-state index is 12.7. The summed E-state index contributed by atoms with van der Waals surface area (Å²) in [5, 5.41) is -0.0922. The first-order chi connectivity index (χ1) is 6.30. The van der Waals surface area contributed by atoms with Crippen LogP contribution in [0.1, 0.15) is 5.56 Å². The topological polar surface area (TPSA) is 0 Å². The highest BCUT2D eigenvalue weighted by Crippen LogP contribution is 2.33. The molecular formula is C9H5ClF4. The number of alkyl halides is 3. The summed E-state index contributed by atoms with van der Waals surface area (Å²) in [7, 11) is 0. The second-order valence-electron chi connectivity index (χ2n) is 2.63. The van der Waals surface area contributed by atoms with Gasteiger partial charge in [-0.2, -0.15) is 13.2 Å². The van der Waals surface area contributed by atoms with E-state index in [4.69, 9.17) is 11.6 Å². The average molecular weight is 225 g/mol. The van der Waals surface area contributed by atoms with Crippen LogP contribution in [0.25, 0.3) is 5.57 Å². The molecule has 0 saturated heterocycles. The smallest absolute Gasteiger partial charge is 0.207 e.